The van der Waals surface area contributed by atoms with Crippen LogP contribution in [0.2, 0.25) is 5.02 Å². The third-order valence-corrected chi connectivity index (χ3v) is 4.74. The Labute approximate surface area is 155 Å². The summed E-state index contributed by atoms with van der Waals surface area (Å²) in [5.74, 6) is 0.377. The molecule has 4 rings (SSSR count). The van der Waals surface area contributed by atoms with E-state index >= 15 is 0 Å². The molecule has 132 valence electrons. The second-order valence-electron chi connectivity index (χ2n) is 6.32. The van der Waals surface area contributed by atoms with Crippen LogP contribution in [-0.2, 0) is 17.6 Å². The third kappa shape index (κ3) is 3.34. The van der Waals surface area contributed by atoms with Gasteiger partial charge in [0.25, 0.3) is 0 Å². The highest BCUT2D eigenvalue weighted by Crippen LogP contribution is 2.29. The lowest BCUT2D eigenvalue weighted by molar-refractivity contribution is -0.118. The molecule has 0 saturated heterocycles. The first kappa shape index (κ1) is 16.8. The van der Waals surface area contributed by atoms with E-state index in [4.69, 9.17) is 16.7 Å². The number of amides is 1. The number of anilines is 2. The highest BCUT2D eigenvalue weighted by atomic mass is 35.5. The Hall–Kier alpha value is -2.70. The van der Waals surface area contributed by atoms with Gasteiger partial charge in [0.2, 0.25) is 5.91 Å². The SMILES string of the molecule is O=C(CO)Nc1ccc2c(c1)CC(Nc1ncnc3cc(Cl)ccc13)C2. The third-order valence-electron chi connectivity index (χ3n) is 4.51. The first-order chi connectivity index (χ1) is 12.6. The zero-order valence-corrected chi connectivity index (χ0v) is 14.6. The number of carbonyl (C=O) groups excluding carboxylic acids is 1. The molecule has 3 N–H and O–H groups in total. The molecule has 26 heavy (non-hydrogen) atoms. The Bertz CT molecular complexity index is 992. The van der Waals surface area contributed by atoms with Gasteiger partial charge >= 0.3 is 0 Å². The monoisotopic (exact) mass is 368 g/mol. The van der Waals surface area contributed by atoms with Gasteiger partial charge in [-0.2, -0.15) is 0 Å². The van der Waals surface area contributed by atoms with Crippen molar-refractivity contribution in [3.63, 3.8) is 0 Å². The number of benzene rings is 2. The second-order valence-corrected chi connectivity index (χ2v) is 6.76. The number of carbonyl (C=O) groups is 1. The zero-order valence-electron chi connectivity index (χ0n) is 13.9. The van der Waals surface area contributed by atoms with Crippen molar-refractivity contribution in [3.8, 4) is 0 Å². The van der Waals surface area contributed by atoms with Crippen LogP contribution in [0.1, 0.15) is 11.1 Å². The summed E-state index contributed by atoms with van der Waals surface area (Å²) in [6.07, 6.45) is 3.24. The van der Waals surface area contributed by atoms with E-state index in [1.807, 2.05) is 36.4 Å². The van der Waals surface area contributed by atoms with Crippen molar-refractivity contribution in [2.45, 2.75) is 18.9 Å². The van der Waals surface area contributed by atoms with E-state index < -0.39 is 12.5 Å². The van der Waals surface area contributed by atoms with E-state index in [9.17, 15) is 4.79 Å². The van der Waals surface area contributed by atoms with Crippen molar-refractivity contribution in [3.05, 3.63) is 58.9 Å². The van der Waals surface area contributed by atoms with E-state index in [-0.39, 0.29) is 6.04 Å². The minimum absolute atomic E-state index is 0.211. The summed E-state index contributed by atoms with van der Waals surface area (Å²) in [7, 11) is 0. The topological polar surface area (TPSA) is 87.1 Å². The Morgan fingerprint density at radius 2 is 2.00 bits per heavy atom. The molecule has 1 amide bonds. The predicted octanol–water partition coefficient (Wildman–Crippen LogP) is 2.79. The van der Waals surface area contributed by atoms with Gasteiger partial charge in [-0.25, -0.2) is 9.97 Å². The van der Waals surface area contributed by atoms with Gasteiger partial charge in [-0.05, 0) is 54.3 Å². The van der Waals surface area contributed by atoms with Crippen molar-refractivity contribution in [1.82, 2.24) is 9.97 Å². The minimum Gasteiger partial charge on any atom is -0.387 e. The molecule has 0 saturated carbocycles. The van der Waals surface area contributed by atoms with Gasteiger partial charge < -0.3 is 15.7 Å². The fourth-order valence-electron chi connectivity index (χ4n) is 3.34. The van der Waals surface area contributed by atoms with Gasteiger partial charge in [0.15, 0.2) is 0 Å². The molecule has 2 aromatic carbocycles. The first-order valence-corrected chi connectivity index (χ1v) is 8.69. The molecule has 6 nitrogen and oxygen atoms in total. The Morgan fingerprint density at radius 1 is 1.15 bits per heavy atom. The molecule has 3 aromatic rings. The average molecular weight is 369 g/mol. The summed E-state index contributed by atoms with van der Waals surface area (Å²) >= 11 is 6.04. The fourth-order valence-corrected chi connectivity index (χ4v) is 3.50. The smallest absolute Gasteiger partial charge is 0.250 e. The van der Waals surface area contributed by atoms with Crippen LogP contribution < -0.4 is 10.6 Å². The molecule has 1 heterocycles. The largest absolute Gasteiger partial charge is 0.387 e. The number of rotatable bonds is 4. The van der Waals surface area contributed by atoms with E-state index in [2.05, 4.69) is 20.6 Å². The van der Waals surface area contributed by atoms with Crippen molar-refractivity contribution in [2.75, 3.05) is 17.2 Å². The van der Waals surface area contributed by atoms with Crippen LogP contribution in [0.5, 0.6) is 0 Å². The lowest BCUT2D eigenvalue weighted by atomic mass is 10.1. The fraction of sp³-hybridized carbons (Fsp3) is 0.211. The molecule has 0 aliphatic heterocycles. The molecule has 0 spiro atoms. The van der Waals surface area contributed by atoms with E-state index in [0.717, 1.165) is 29.6 Å². The molecule has 1 aromatic heterocycles. The highest BCUT2D eigenvalue weighted by Gasteiger charge is 2.22. The van der Waals surface area contributed by atoms with Crippen LogP contribution in [0.15, 0.2) is 42.7 Å². The average Bonchev–Trinajstić information content (AvgIpc) is 3.03. The molecule has 1 aliphatic carbocycles. The molecule has 1 atom stereocenters. The van der Waals surface area contributed by atoms with Gasteiger partial charge in [-0.3, -0.25) is 4.79 Å². The van der Waals surface area contributed by atoms with Gasteiger partial charge in [0.05, 0.1) is 5.52 Å². The first-order valence-electron chi connectivity index (χ1n) is 8.31. The number of aromatic nitrogens is 2. The van der Waals surface area contributed by atoms with Crippen LogP contribution in [-0.4, -0.2) is 33.6 Å². The standard InChI is InChI=1S/C19H17ClN4O2/c20-13-2-4-16-17(8-13)21-10-22-19(16)24-15-5-11-1-3-14(6-12(11)7-15)23-18(26)9-25/h1-4,6,8,10,15,25H,5,7,9H2,(H,23,26)(H,21,22,24). The van der Waals surface area contributed by atoms with E-state index in [1.165, 1.54) is 17.5 Å². The predicted molar refractivity (Wildman–Crippen MR) is 102 cm³/mol. The van der Waals surface area contributed by atoms with Gasteiger partial charge in [0, 0.05) is 22.1 Å². The van der Waals surface area contributed by atoms with E-state index in [1.54, 1.807) is 0 Å². The lowest BCUT2D eigenvalue weighted by Crippen LogP contribution is -2.20. The van der Waals surface area contributed by atoms with Crippen molar-refractivity contribution in [2.24, 2.45) is 0 Å². The normalized spacial score (nSPS) is 15.7. The maximum Gasteiger partial charge on any atom is 0.250 e. The summed E-state index contributed by atoms with van der Waals surface area (Å²) < 4.78 is 0. The highest BCUT2D eigenvalue weighted by molar-refractivity contribution is 6.31. The molecular formula is C19H17ClN4O2. The van der Waals surface area contributed by atoms with Crippen molar-refractivity contribution >= 4 is 39.9 Å². The Kier molecular flexibility index (Phi) is 4.44. The maximum absolute atomic E-state index is 11.3. The Morgan fingerprint density at radius 3 is 2.85 bits per heavy atom. The molecule has 0 bridgehead atoms. The quantitative estimate of drug-likeness (QED) is 0.659. The minimum atomic E-state index is -0.522. The number of hydrogen-bond donors (Lipinski definition) is 3. The number of nitrogens with zero attached hydrogens (tertiary/aromatic N) is 2. The number of aliphatic hydroxyl groups is 1. The summed E-state index contributed by atoms with van der Waals surface area (Å²) in [5.41, 5.74) is 3.93. The lowest BCUT2D eigenvalue weighted by Gasteiger charge is -2.14. The van der Waals surface area contributed by atoms with Gasteiger partial charge in [0.1, 0.15) is 18.8 Å². The van der Waals surface area contributed by atoms with Crippen LogP contribution in [0.25, 0.3) is 10.9 Å². The van der Waals surface area contributed by atoms with Crippen LogP contribution in [0, 0.1) is 0 Å². The van der Waals surface area contributed by atoms with E-state index in [0.29, 0.717) is 10.7 Å². The summed E-state index contributed by atoms with van der Waals surface area (Å²) in [6, 6.07) is 11.6. The molecule has 1 aliphatic rings. The Balaban J connectivity index is 1.53. The molecule has 0 fully saturated rings. The maximum atomic E-state index is 11.3. The number of halogens is 1. The number of fused-ring (bicyclic) bond motifs is 2. The molecule has 0 radical (unpaired) electrons. The molecule has 1 unspecified atom stereocenters. The number of hydrogen-bond acceptors (Lipinski definition) is 5. The van der Waals surface area contributed by atoms with Crippen molar-refractivity contribution < 1.29 is 9.90 Å². The number of aliphatic hydroxyl groups excluding tert-OH is 1. The molecule has 7 heteroatoms. The summed E-state index contributed by atoms with van der Waals surface area (Å²) in [4.78, 5) is 20.0. The zero-order chi connectivity index (χ0) is 18.1. The number of nitrogens with one attached hydrogen (secondary N) is 2. The van der Waals surface area contributed by atoms with Crippen molar-refractivity contribution in [1.29, 1.82) is 0 Å². The summed E-state index contributed by atoms with van der Waals surface area (Å²) in [5, 5.41) is 16.6. The molecular weight excluding hydrogens is 352 g/mol. The van der Waals surface area contributed by atoms with Gasteiger partial charge in [-0.1, -0.05) is 17.7 Å². The van der Waals surface area contributed by atoms with Gasteiger partial charge in [-0.15, -0.1) is 0 Å². The van der Waals surface area contributed by atoms with Crippen LogP contribution in [0.4, 0.5) is 11.5 Å². The van der Waals surface area contributed by atoms with Crippen LogP contribution >= 0.6 is 11.6 Å². The summed E-state index contributed by atoms with van der Waals surface area (Å²) in [6.45, 7) is -0.522. The van der Waals surface area contributed by atoms with Crippen LogP contribution in [0.3, 0.4) is 0 Å². The second kappa shape index (κ2) is 6.90.